The molecule has 0 fully saturated rings. The lowest BCUT2D eigenvalue weighted by atomic mass is 10.5. The van der Waals surface area contributed by atoms with Crippen molar-refractivity contribution in [1.29, 1.82) is 0 Å². The van der Waals surface area contributed by atoms with Gasteiger partial charge in [0.15, 0.2) is 0 Å². The molecule has 6 heteroatoms. The minimum absolute atomic E-state index is 0.00903. The van der Waals surface area contributed by atoms with Crippen molar-refractivity contribution in [3.63, 3.8) is 0 Å². The van der Waals surface area contributed by atoms with Crippen molar-refractivity contribution in [2.75, 3.05) is 11.5 Å². The molecule has 0 saturated carbocycles. The van der Waals surface area contributed by atoms with Crippen LogP contribution in [0, 0.1) is 0 Å². The van der Waals surface area contributed by atoms with E-state index in [-0.39, 0.29) is 5.75 Å². The van der Waals surface area contributed by atoms with E-state index in [1.54, 1.807) is 12.1 Å². The summed E-state index contributed by atoms with van der Waals surface area (Å²) in [6, 6.07) is 3.22. The second-order valence-electron chi connectivity index (χ2n) is 2.63. The first-order chi connectivity index (χ1) is 6.47. The second-order valence-corrected chi connectivity index (χ2v) is 3.80. The molecule has 14 heavy (non-hydrogen) atoms. The average Bonchev–Trinajstić information content (AvgIpc) is 2.06. The fraction of sp³-hybridized carbons (Fsp3) is 0.375. The summed E-state index contributed by atoms with van der Waals surface area (Å²) in [5, 5.41) is 0. The van der Waals surface area contributed by atoms with Crippen LogP contribution in [0.15, 0.2) is 23.2 Å². The molecule has 1 rings (SSSR count). The molecule has 0 spiro atoms. The molecule has 78 valence electrons. The molecular weight excluding hydrogens is 213 g/mol. The maximum absolute atomic E-state index is 11.8. The summed E-state index contributed by atoms with van der Waals surface area (Å²) in [5.74, 6) is 0.375. The van der Waals surface area contributed by atoms with E-state index in [4.69, 9.17) is 5.73 Å². The molecule has 0 aromatic carbocycles. The molecule has 0 aliphatic rings. The zero-order valence-corrected chi connectivity index (χ0v) is 8.03. The van der Waals surface area contributed by atoms with Crippen LogP contribution in [0.4, 0.5) is 19.0 Å². The van der Waals surface area contributed by atoms with Crippen LogP contribution < -0.4 is 5.73 Å². The molecule has 0 aliphatic carbocycles. The summed E-state index contributed by atoms with van der Waals surface area (Å²) in [6.45, 7) is 0. The summed E-state index contributed by atoms with van der Waals surface area (Å²) in [6.07, 6.45) is -3.41. The molecule has 0 atom stereocenters. The van der Waals surface area contributed by atoms with E-state index in [0.717, 1.165) is 11.8 Å². The van der Waals surface area contributed by atoms with Crippen LogP contribution in [-0.4, -0.2) is 16.9 Å². The minimum atomic E-state index is -4.09. The molecule has 2 N–H and O–H groups in total. The minimum Gasteiger partial charge on any atom is -0.384 e. The quantitative estimate of drug-likeness (QED) is 0.799. The van der Waals surface area contributed by atoms with Crippen LogP contribution in [0.2, 0.25) is 0 Å². The first-order valence-corrected chi connectivity index (χ1v) is 4.87. The van der Waals surface area contributed by atoms with Crippen molar-refractivity contribution in [2.24, 2.45) is 0 Å². The monoisotopic (exact) mass is 222 g/mol. The largest absolute Gasteiger partial charge is 0.389 e. The van der Waals surface area contributed by atoms with Gasteiger partial charge >= 0.3 is 6.18 Å². The smallest absolute Gasteiger partial charge is 0.384 e. The number of aromatic nitrogens is 1. The van der Waals surface area contributed by atoms with Crippen molar-refractivity contribution < 1.29 is 13.2 Å². The van der Waals surface area contributed by atoms with E-state index in [2.05, 4.69) is 4.98 Å². The molecule has 0 amide bonds. The molecule has 0 aliphatic heterocycles. The van der Waals surface area contributed by atoms with Gasteiger partial charge in [0.2, 0.25) is 0 Å². The summed E-state index contributed by atoms with van der Waals surface area (Å²) < 4.78 is 35.3. The lowest BCUT2D eigenvalue weighted by Gasteiger charge is -2.05. The van der Waals surface area contributed by atoms with Gasteiger partial charge in [0.1, 0.15) is 5.82 Å². The van der Waals surface area contributed by atoms with Gasteiger partial charge in [0, 0.05) is 16.8 Å². The highest BCUT2D eigenvalue weighted by Gasteiger charge is 2.26. The van der Waals surface area contributed by atoms with E-state index < -0.39 is 12.6 Å². The van der Waals surface area contributed by atoms with Crippen molar-refractivity contribution in [3.05, 3.63) is 18.3 Å². The van der Waals surface area contributed by atoms with Gasteiger partial charge in [-0.25, -0.2) is 4.98 Å². The summed E-state index contributed by atoms with van der Waals surface area (Å²) in [4.78, 5) is 4.47. The highest BCUT2D eigenvalue weighted by molar-refractivity contribution is 7.99. The number of hydrogen-bond donors (Lipinski definition) is 1. The third kappa shape index (κ3) is 4.36. The third-order valence-corrected chi connectivity index (χ3v) is 2.40. The molecule has 2 nitrogen and oxygen atoms in total. The van der Waals surface area contributed by atoms with Crippen molar-refractivity contribution in [1.82, 2.24) is 4.98 Å². The summed E-state index contributed by atoms with van der Waals surface area (Å²) >= 11 is 1.12. The number of halogens is 3. The topological polar surface area (TPSA) is 38.9 Å². The van der Waals surface area contributed by atoms with Gasteiger partial charge in [0.25, 0.3) is 0 Å². The van der Waals surface area contributed by atoms with Gasteiger partial charge in [-0.15, -0.1) is 11.8 Å². The van der Waals surface area contributed by atoms with E-state index in [1.807, 2.05) is 0 Å². The number of nitrogens with two attached hydrogens (primary N) is 1. The SMILES string of the molecule is Nc1ccc(SCCC(F)(F)F)cn1. The standard InChI is InChI=1S/C8H9F3N2S/c9-8(10,11)3-4-14-6-1-2-7(12)13-5-6/h1-2,5H,3-4H2,(H2,12,13). The van der Waals surface area contributed by atoms with Crippen molar-refractivity contribution in [3.8, 4) is 0 Å². The zero-order valence-electron chi connectivity index (χ0n) is 7.21. The van der Waals surface area contributed by atoms with Gasteiger partial charge in [-0.05, 0) is 12.1 Å². The fourth-order valence-electron chi connectivity index (χ4n) is 0.762. The highest BCUT2D eigenvalue weighted by Crippen LogP contribution is 2.25. The Labute approximate surface area is 83.7 Å². The van der Waals surface area contributed by atoms with Crippen LogP contribution in [0.5, 0.6) is 0 Å². The van der Waals surface area contributed by atoms with Gasteiger partial charge < -0.3 is 5.73 Å². The molecule has 1 aromatic heterocycles. The van der Waals surface area contributed by atoms with Gasteiger partial charge in [-0.1, -0.05) is 0 Å². The zero-order chi connectivity index (χ0) is 10.6. The number of nitrogens with zero attached hydrogens (tertiary/aromatic N) is 1. The first kappa shape index (κ1) is 11.2. The van der Waals surface area contributed by atoms with Crippen LogP contribution in [0.1, 0.15) is 6.42 Å². The highest BCUT2D eigenvalue weighted by atomic mass is 32.2. The van der Waals surface area contributed by atoms with E-state index >= 15 is 0 Å². The normalized spacial score (nSPS) is 11.6. The maximum atomic E-state index is 11.8. The Balaban J connectivity index is 2.35. The summed E-state index contributed by atoms with van der Waals surface area (Å²) in [7, 11) is 0. The predicted molar refractivity (Wildman–Crippen MR) is 50.0 cm³/mol. The number of nitrogen functional groups attached to an aromatic ring is 1. The molecule has 0 saturated heterocycles. The lowest BCUT2D eigenvalue weighted by Crippen LogP contribution is -2.07. The Morgan fingerprint density at radius 2 is 2.07 bits per heavy atom. The van der Waals surface area contributed by atoms with Gasteiger partial charge in [-0.2, -0.15) is 13.2 Å². The lowest BCUT2D eigenvalue weighted by molar-refractivity contribution is -0.129. The van der Waals surface area contributed by atoms with Crippen LogP contribution >= 0.6 is 11.8 Å². The number of anilines is 1. The van der Waals surface area contributed by atoms with Gasteiger partial charge in [-0.3, -0.25) is 0 Å². The number of alkyl halides is 3. The fourth-order valence-corrected chi connectivity index (χ4v) is 1.62. The number of hydrogen-bond acceptors (Lipinski definition) is 3. The second kappa shape index (κ2) is 4.54. The van der Waals surface area contributed by atoms with Crippen molar-refractivity contribution in [2.45, 2.75) is 17.5 Å². The first-order valence-electron chi connectivity index (χ1n) is 3.88. The van der Waals surface area contributed by atoms with E-state index in [9.17, 15) is 13.2 Å². The molecule has 0 unspecified atom stereocenters. The molecule has 0 radical (unpaired) electrons. The molecule has 1 aromatic rings. The average molecular weight is 222 g/mol. The third-order valence-electron chi connectivity index (χ3n) is 1.41. The molecular formula is C8H9F3N2S. The Morgan fingerprint density at radius 1 is 1.36 bits per heavy atom. The maximum Gasteiger partial charge on any atom is 0.389 e. The van der Waals surface area contributed by atoms with Crippen LogP contribution in [0.25, 0.3) is 0 Å². The van der Waals surface area contributed by atoms with Gasteiger partial charge in [0.05, 0.1) is 6.42 Å². The number of thioether (sulfide) groups is 1. The molecule has 0 bridgehead atoms. The number of pyridine rings is 1. The van der Waals surface area contributed by atoms with Crippen LogP contribution in [-0.2, 0) is 0 Å². The predicted octanol–water partition coefficient (Wildman–Crippen LogP) is 2.71. The summed E-state index contributed by atoms with van der Waals surface area (Å²) in [5.41, 5.74) is 5.32. The Kier molecular flexibility index (Phi) is 3.62. The Morgan fingerprint density at radius 3 is 2.57 bits per heavy atom. The molecule has 1 heterocycles. The van der Waals surface area contributed by atoms with E-state index in [0.29, 0.717) is 10.7 Å². The van der Waals surface area contributed by atoms with Crippen LogP contribution in [0.3, 0.4) is 0 Å². The van der Waals surface area contributed by atoms with E-state index in [1.165, 1.54) is 6.20 Å². The Hall–Kier alpha value is -0.910. The number of rotatable bonds is 3. The van der Waals surface area contributed by atoms with Crippen molar-refractivity contribution >= 4 is 17.6 Å². The Bertz CT molecular complexity index is 284.